The fourth-order valence-corrected chi connectivity index (χ4v) is 1.92. The van der Waals surface area contributed by atoms with Crippen molar-refractivity contribution in [1.29, 1.82) is 0 Å². The molecule has 1 aliphatic carbocycles. The molecule has 0 aromatic heterocycles. The maximum atomic E-state index is 11.5. The van der Waals surface area contributed by atoms with E-state index >= 15 is 0 Å². The fraction of sp³-hybridized carbons (Fsp3) is 0.600. The van der Waals surface area contributed by atoms with Crippen molar-refractivity contribution in [1.82, 2.24) is 0 Å². The summed E-state index contributed by atoms with van der Waals surface area (Å²) in [7, 11) is 0. The molecule has 0 aromatic rings. The minimum atomic E-state index is -0.143. The van der Waals surface area contributed by atoms with Crippen molar-refractivity contribution in [3.63, 3.8) is 0 Å². The normalized spacial score (nSPS) is 26.0. The minimum absolute atomic E-state index is 0.0475. The van der Waals surface area contributed by atoms with E-state index < -0.39 is 0 Å². The van der Waals surface area contributed by atoms with Gasteiger partial charge in [-0.15, -0.1) is 0 Å². The quantitative estimate of drug-likeness (QED) is 0.526. The van der Waals surface area contributed by atoms with E-state index in [0.29, 0.717) is 24.2 Å². The van der Waals surface area contributed by atoms with Crippen LogP contribution in [0.4, 0.5) is 0 Å². The van der Waals surface area contributed by atoms with Gasteiger partial charge in [0.25, 0.3) is 0 Å². The molecule has 0 fully saturated rings. The maximum Gasteiger partial charge on any atom is 0.207 e. The van der Waals surface area contributed by atoms with Gasteiger partial charge in [0.2, 0.25) is 5.78 Å². The lowest BCUT2D eigenvalue weighted by Gasteiger charge is -2.27. The van der Waals surface area contributed by atoms with Crippen LogP contribution in [-0.4, -0.2) is 18.2 Å². The highest BCUT2D eigenvalue weighted by atomic mass is 16.5. The molecule has 0 saturated heterocycles. The van der Waals surface area contributed by atoms with Gasteiger partial charge in [0, 0.05) is 12.8 Å². The van der Waals surface area contributed by atoms with Gasteiger partial charge in [-0.2, -0.15) is 0 Å². The summed E-state index contributed by atoms with van der Waals surface area (Å²) in [4.78, 5) is 22.8. The molecule has 2 aliphatic rings. The van der Waals surface area contributed by atoms with Crippen LogP contribution in [0.5, 0.6) is 0 Å². The van der Waals surface area contributed by atoms with Gasteiger partial charge in [-0.05, 0) is 5.41 Å². The molecule has 0 N–H and O–H groups in total. The average Bonchev–Trinajstić information content (AvgIpc) is 2.28. The molecule has 0 atom stereocenters. The molecule has 0 amide bonds. The lowest BCUT2D eigenvalue weighted by molar-refractivity contribution is -0.122. The molecule has 0 bridgehead atoms. The minimum Gasteiger partial charge on any atom is -0.489 e. The van der Waals surface area contributed by atoms with Crippen LogP contribution in [0.15, 0.2) is 11.3 Å². The molecular weight excluding hydrogens is 168 g/mol. The topological polar surface area (TPSA) is 43.4 Å². The van der Waals surface area contributed by atoms with Crippen LogP contribution in [0, 0.1) is 5.41 Å². The Morgan fingerprint density at radius 3 is 2.54 bits per heavy atom. The molecule has 0 saturated carbocycles. The Bertz CT molecular complexity index is 323. The molecule has 0 radical (unpaired) electrons. The third-order valence-electron chi connectivity index (χ3n) is 2.49. The molecule has 1 aliphatic heterocycles. The van der Waals surface area contributed by atoms with Gasteiger partial charge in [0.15, 0.2) is 12.4 Å². The number of hydrogen-bond donors (Lipinski definition) is 0. The second kappa shape index (κ2) is 2.44. The van der Waals surface area contributed by atoms with E-state index in [1.54, 1.807) is 0 Å². The first kappa shape index (κ1) is 8.48. The fourth-order valence-electron chi connectivity index (χ4n) is 1.92. The van der Waals surface area contributed by atoms with Crippen molar-refractivity contribution in [2.24, 2.45) is 5.41 Å². The van der Waals surface area contributed by atoms with Crippen molar-refractivity contribution >= 4 is 11.6 Å². The first-order valence-electron chi connectivity index (χ1n) is 4.42. The average molecular weight is 180 g/mol. The Balaban J connectivity index is 2.40. The molecule has 3 heteroatoms. The van der Waals surface area contributed by atoms with Gasteiger partial charge >= 0.3 is 0 Å². The number of allylic oxidation sites excluding steroid dienone is 1. The highest BCUT2D eigenvalue weighted by molar-refractivity contribution is 6.22. The highest BCUT2D eigenvalue weighted by Crippen LogP contribution is 2.39. The molecule has 0 unspecified atom stereocenters. The van der Waals surface area contributed by atoms with Crippen LogP contribution >= 0.6 is 0 Å². The Labute approximate surface area is 76.8 Å². The smallest absolute Gasteiger partial charge is 0.207 e. The molecule has 0 aromatic carbocycles. The number of ether oxygens (including phenoxy) is 1. The van der Waals surface area contributed by atoms with Gasteiger partial charge in [-0.25, -0.2) is 0 Å². The largest absolute Gasteiger partial charge is 0.489 e. The van der Waals surface area contributed by atoms with Crippen LogP contribution in [0.2, 0.25) is 0 Å². The van der Waals surface area contributed by atoms with E-state index in [0.717, 1.165) is 0 Å². The summed E-state index contributed by atoms with van der Waals surface area (Å²) in [6.07, 6.45) is 1.17. The van der Waals surface area contributed by atoms with Crippen LogP contribution in [0.25, 0.3) is 0 Å². The summed E-state index contributed by atoms with van der Waals surface area (Å²) in [5.74, 6) is 0.426. The lowest BCUT2D eigenvalue weighted by Crippen LogP contribution is -2.26. The van der Waals surface area contributed by atoms with Gasteiger partial charge < -0.3 is 4.74 Å². The van der Waals surface area contributed by atoms with E-state index in [9.17, 15) is 9.59 Å². The van der Waals surface area contributed by atoms with Gasteiger partial charge in [0.05, 0.1) is 0 Å². The Morgan fingerprint density at radius 1 is 1.15 bits per heavy atom. The van der Waals surface area contributed by atoms with Gasteiger partial charge in [0.1, 0.15) is 11.3 Å². The lowest BCUT2D eigenvalue weighted by atomic mass is 9.76. The van der Waals surface area contributed by atoms with E-state index in [1.807, 2.05) is 13.8 Å². The standard InChI is InChI=1S/C10H12O3/c1-10(2)3-6(11)9-7(12)5-13-8(9)4-10/h3-5H2,1-2H3. The van der Waals surface area contributed by atoms with Gasteiger partial charge in [-0.1, -0.05) is 13.8 Å². The molecule has 2 rings (SSSR count). The number of carbonyl (C=O) groups excluding carboxylic acids is 2. The number of carbonyl (C=O) groups is 2. The summed E-state index contributed by atoms with van der Waals surface area (Å²) in [5.41, 5.74) is 0.278. The van der Waals surface area contributed by atoms with Gasteiger partial charge in [-0.3, -0.25) is 9.59 Å². The highest BCUT2D eigenvalue weighted by Gasteiger charge is 2.40. The number of rotatable bonds is 0. The van der Waals surface area contributed by atoms with E-state index in [1.165, 1.54) is 0 Å². The summed E-state index contributed by atoms with van der Waals surface area (Å²) < 4.78 is 5.18. The second-order valence-electron chi connectivity index (χ2n) is 4.45. The van der Waals surface area contributed by atoms with Crippen LogP contribution < -0.4 is 0 Å². The number of Topliss-reactive ketones (excluding diaryl/α,β-unsaturated/α-hetero) is 2. The predicted octanol–water partition coefficient (Wildman–Crippen LogP) is 1.23. The second-order valence-corrected chi connectivity index (χ2v) is 4.45. The Morgan fingerprint density at radius 2 is 1.85 bits per heavy atom. The third-order valence-corrected chi connectivity index (χ3v) is 2.49. The van der Waals surface area contributed by atoms with E-state index in [4.69, 9.17) is 4.74 Å². The zero-order valence-corrected chi connectivity index (χ0v) is 7.85. The molecule has 0 spiro atoms. The van der Waals surface area contributed by atoms with Crippen LogP contribution in [-0.2, 0) is 14.3 Å². The van der Waals surface area contributed by atoms with E-state index in [2.05, 4.69) is 0 Å². The summed E-state index contributed by atoms with van der Waals surface area (Å²) in [6.45, 7) is 4.09. The number of ketones is 2. The monoisotopic (exact) mass is 180 g/mol. The van der Waals surface area contributed by atoms with Crippen molar-refractivity contribution in [3.8, 4) is 0 Å². The maximum absolute atomic E-state index is 11.5. The summed E-state index contributed by atoms with van der Waals surface area (Å²) in [5, 5.41) is 0. The third kappa shape index (κ3) is 1.28. The number of hydrogen-bond acceptors (Lipinski definition) is 3. The molecular formula is C10H12O3. The Kier molecular flexibility index (Phi) is 1.59. The SMILES string of the molecule is CC1(C)CC(=O)C2=C(C1)OCC2=O. The summed E-state index contributed by atoms with van der Waals surface area (Å²) in [6, 6.07) is 0. The first-order valence-corrected chi connectivity index (χ1v) is 4.42. The van der Waals surface area contributed by atoms with Crippen molar-refractivity contribution in [2.45, 2.75) is 26.7 Å². The zero-order chi connectivity index (χ0) is 9.64. The van der Waals surface area contributed by atoms with Crippen LogP contribution in [0.1, 0.15) is 26.7 Å². The zero-order valence-electron chi connectivity index (χ0n) is 7.85. The molecule has 1 heterocycles. The molecule has 13 heavy (non-hydrogen) atoms. The van der Waals surface area contributed by atoms with E-state index in [-0.39, 0.29) is 23.6 Å². The molecule has 3 nitrogen and oxygen atoms in total. The molecule has 70 valence electrons. The summed E-state index contributed by atoms with van der Waals surface area (Å²) >= 11 is 0. The van der Waals surface area contributed by atoms with Crippen molar-refractivity contribution in [2.75, 3.05) is 6.61 Å². The first-order chi connectivity index (χ1) is 5.99. The predicted molar refractivity (Wildman–Crippen MR) is 46.0 cm³/mol. The Hall–Kier alpha value is -1.12. The van der Waals surface area contributed by atoms with Crippen LogP contribution in [0.3, 0.4) is 0 Å². The van der Waals surface area contributed by atoms with Crippen molar-refractivity contribution < 1.29 is 14.3 Å². The van der Waals surface area contributed by atoms with Crippen molar-refractivity contribution in [3.05, 3.63) is 11.3 Å².